The molecule has 0 bridgehead atoms. The smallest absolute Gasteiger partial charge is 0.320 e. The number of hydrogen-bond donors (Lipinski definition) is 2. The Balaban J connectivity index is 2.36. The van der Waals surface area contributed by atoms with Gasteiger partial charge in [0.25, 0.3) is 0 Å². The van der Waals surface area contributed by atoms with Gasteiger partial charge in [0.1, 0.15) is 6.04 Å². The maximum absolute atomic E-state index is 12.7. The van der Waals surface area contributed by atoms with E-state index < -0.39 is 17.9 Å². The molecule has 1 aliphatic carbocycles. The van der Waals surface area contributed by atoms with Gasteiger partial charge >= 0.3 is 5.97 Å². The summed E-state index contributed by atoms with van der Waals surface area (Å²) in [5.41, 5.74) is 5.24. The molecule has 2 atom stereocenters. The third-order valence-electron chi connectivity index (χ3n) is 2.41. The van der Waals surface area contributed by atoms with E-state index in [1.165, 1.54) is 0 Å². The molecule has 0 aromatic heterocycles. The summed E-state index contributed by atoms with van der Waals surface area (Å²) >= 11 is 0. The fraction of sp³-hybridized carbons (Fsp3) is 0.875. The van der Waals surface area contributed by atoms with Crippen molar-refractivity contribution in [3.63, 3.8) is 0 Å². The second-order valence-corrected chi connectivity index (χ2v) is 3.65. The summed E-state index contributed by atoms with van der Waals surface area (Å²) in [5.74, 6) is -3.96. The van der Waals surface area contributed by atoms with Crippen molar-refractivity contribution in [2.45, 2.75) is 37.6 Å². The Hall–Kier alpha value is -0.710. The summed E-state index contributed by atoms with van der Waals surface area (Å²) in [6.07, 6.45) is 0.191. The second-order valence-electron chi connectivity index (χ2n) is 3.65. The molecule has 76 valence electrons. The quantitative estimate of drug-likeness (QED) is 0.708. The average molecular weight is 193 g/mol. The Morgan fingerprint density at radius 3 is 2.69 bits per heavy atom. The number of carboxylic acid groups (broad SMARTS) is 1. The van der Waals surface area contributed by atoms with Crippen LogP contribution in [-0.2, 0) is 4.79 Å². The maximum Gasteiger partial charge on any atom is 0.320 e. The predicted molar refractivity (Wildman–Crippen MR) is 42.5 cm³/mol. The van der Waals surface area contributed by atoms with Crippen LogP contribution in [0.3, 0.4) is 0 Å². The van der Waals surface area contributed by atoms with Crippen LogP contribution in [0.4, 0.5) is 8.78 Å². The summed E-state index contributed by atoms with van der Waals surface area (Å²) in [5, 5.41) is 8.46. The first-order valence-corrected chi connectivity index (χ1v) is 4.27. The van der Waals surface area contributed by atoms with Crippen LogP contribution in [0.15, 0.2) is 0 Å². The van der Waals surface area contributed by atoms with Crippen molar-refractivity contribution < 1.29 is 18.7 Å². The highest BCUT2D eigenvalue weighted by Crippen LogP contribution is 2.40. The molecule has 0 aromatic carbocycles. The molecule has 1 saturated carbocycles. The Morgan fingerprint density at radius 1 is 1.69 bits per heavy atom. The zero-order valence-corrected chi connectivity index (χ0v) is 7.17. The van der Waals surface area contributed by atoms with Gasteiger partial charge in [0.05, 0.1) is 0 Å². The molecule has 0 aromatic rings. The molecule has 0 heterocycles. The van der Waals surface area contributed by atoms with Crippen molar-refractivity contribution in [3.8, 4) is 0 Å². The lowest BCUT2D eigenvalue weighted by atomic mass is 9.99. The van der Waals surface area contributed by atoms with Crippen molar-refractivity contribution in [1.82, 2.24) is 0 Å². The van der Waals surface area contributed by atoms with Gasteiger partial charge in [0, 0.05) is 12.8 Å². The average Bonchev–Trinajstić information content (AvgIpc) is 2.30. The van der Waals surface area contributed by atoms with Gasteiger partial charge in [-0.1, -0.05) is 0 Å². The summed E-state index contributed by atoms with van der Waals surface area (Å²) in [6.45, 7) is 0. The molecule has 0 saturated heterocycles. The Morgan fingerprint density at radius 2 is 2.31 bits per heavy atom. The summed E-state index contributed by atoms with van der Waals surface area (Å²) in [4.78, 5) is 10.3. The van der Waals surface area contributed by atoms with Gasteiger partial charge in [-0.25, -0.2) is 8.78 Å². The zero-order valence-electron chi connectivity index (χ0n) is 7.17. The van der Waals surface area contributed by atoms with E-state index in [2.05, 4.69) is 0 Å². The molecule has 0 radical (unpaired) electrons. The van der Waals surface area contributed by atoms with Crippen molar-refractivity contribution >= 4 is 5.97 Å². The van der Waals surface area contributed by atoms with E-state index >= 15 is 0 Å². The van der Waals surface area contributed by atoms with Crippen LogP contribution >= 0.6 is 0 Å². The van der Waals surface area contributed by atoms with Gasteiger partial charge in [-0.3, -0.25) is 4.79 Å². The predicted octanol–water partition coefficient (Wildman–Crippen LogP) is 1.22. The van der Waals surface area contributed by atoms with Crippen molar-refractivity contribution in [3.05, 3.63) is 0 Å². The maximum atomic E-state index is 12.7. The fourth-order valence-electron chi connectivity index (χ4n) is 1.70. The molecule has 1 rings (SSSR count). The lowest BCUT2D eigenvalue weighted by Gasteiger charge is -2.12. The van der Waals surface area contributed by atoms with Gasteiger partial charge in [-0.15, -0.1) is 0 Å². The SMILES string of the molecule is NC(CC1CCC(F)(F)C1)C(=O)O. The van der Waals surface area contributed by atoms with E-state index in [0.717, 1.165) is 0 Å². The third-order valence-corrected chi connectivity index (χ3v) is 2.41. The summed E-state index contributed by atoms with van der Waals surface area (Å²) < 4.78 is 25.3. The standard InChI is InChI=1S/C8H13F2NO2/c9-8(10)2-1-5(4-8)3-6(11)7(12)13/h5-6H,1-4,11H2,(H,12,13). The highest BCUT2D eigenvalue weighted by atomic mass is 19.3. The number of alkyl halides is 2. The fourth-order valence-corrected chi connectivity index (χ4v) is 1.70. The molecule has 0 amide bonds. The second kappa shape index (κ2) is 3.57. The largest absolute Gasteiger partial charge is 0.480 e. The molecule has 1 aliphatic rings. The van der Waals surface area contributed by atoms with E-state index in [-0.39, 0.29) is 25.2 Å². The van der Waals surface area contributed by atoms with Crippen molar-refractivity contribution in [2.24, 2.45) is 11.7 Å². The zero-order chi connectivity index (χ0) is 10.1. The number of carboxylic acids is 1. The van der Waals surface area contributed by atoms with Gasteiger partial charge < -0.3 is 10.8 Å². The first kappa shape index (κ1) is 10.4. The van der Waals surface area contributed by atoms with Crippen LogP contribution in [0.2, 0.25) is 0 Å². The van der Waals surface area contributed by atoms with Crippen LogP contribution in [0.1, 0.15) is 25.7 Å². The normalized spacial score (nSPS) is 28.7. The lowest BCUT2D eigenvalue weighted by molar-refractivity contribution is -0.139. The minimum Gasteiger partial charge on any atom is -0.480 e. The summed E-state index contributed by atoms with van der Waals surface area (Å²) in [7, 11) is 0. The molecule has 1 fully saturated rings. The van der Waals surface area contributed by atoms with Crippen LogP contribution in [-0.4, -0.2) is 23.0 Å². The molecular formula is C8H13F2NO2. The first-order valence-electron chi connectivity index (χ1n) is 4.27. The van der Waals surface area contributed by atoms with Crippen LogP contribution in [0.5, 0.6) is 0 Å². The molecule has 3 N–H and O–H groups in total. The monoisotopic (exact) mass is 193 g/mol. The van der Waals surface area contributed by atoms with Gasteiger partial charge in [0.2, 0.25) is 5.92 Å². The van der Waals surface area contributed by atoms with E-state index in [4.69, 9.17) is 10.8 Å². The first-order chi connectivity index (χ1) is 5.91. The van der Waals surface area contributed by atoms with E-state index in [0.29, 0.717) is 6.42 Å². The van der Waals surface area contributed by atoms with E-state index in [9.17, 15) is 13.6 Å². The topological polar surface area (TPSA) is 63.3 Å². The number of halogens is 2. The molecule has 5 heteroatoms. The van der Waals surface area contributed by atoms with Gasteiger partial charge in [0.15, 0.2) is 0 Å². The minimum atomic E-state index is -2.61. The molecule has 3 nitrogen and oxygen atoms in total. The van der Waals surface area contributed by atoms with Gasteiger partial charge in [-0.05, 0) is 18.8 Å². The Labute approximate surface area is 74.9 Å². The number of aliphatic carboxylic acids is 1. The molecule has 0 aliphatic heterocycles. The molecular weight excluding hydrogens is 180 g/mol. The van der Waals surface area contributed by atoms with Gasteiger partial charge in [-0.2, -0.15) is 0 Å². The Bertz CT molecular complexity index is 208. The van der Waals surface area contributed by atoms with E-state index in [1.807, 2.05) is 0 Å². The number of carbonyl (C=O) groups is 1. The lowest BCUT2D eigenvalue weighted by Crippen LogP contribution is -2.32. The summed E-state index contributed by atoms with van der Waals surface area (Å²) in [6, 6.07) is -1.00. The number of nitrogens with two attached hydrogens (primary N) is 1. The van der Waals surface area contributed by atoms with Crippen LogP contribution in [0.25, 0.3) is 0 Å². The highest BCUT2D eigenvalue weighted by molar-refractivity contribution is 5.73. The van der Waals surface area contributed by atoms with Crippen molar-refractivity contribution in [2.75, 3.05) is 0 Å². The van der Waals surface area contributed by atoms with Crippen LogP contribution < -0.4 is 5.73 Å². The number of hydrogen-bond acceptors (Lipinski definition) is 2. The minimum absolute atomic E-state index is 0.135. The molecule has 2 unspecified atom stereocenters. The number of rotatable bonds is 3. The third kappa shape index (κ3) is 2.91. The molecule has 13 heavy (non-hydrogen) atoms. The Kier molecular flexibility index (Phi) is 2.85. The molecule has 0 spiro atoms. The van der Waals surface area contributed by atoms with E-state index in [1.54, 1.807) is 0 Å². The highest BCUT2D eigenvalue weighted by Gasteiger charge is 2.40. The van der Waals surface area contributed by atoms with Crippen molar-refractivity contribution in [1.29, 1.82) is 0 Å². The van der Waals surface area contributed by atoms with Crippen LogP contribution in [0, 0.1) is 5.92 Å².